The summed E-state index contributed by atoms with van der Waals surface area (Å²) in [6.45, 7) is 3.89. The molecule has 1 aliphatic heterocycles. The highest BCUT2D eigenvalue weighted by molar-refractivity contribution is 5.76. The fourth-order valence-corrected chi connectivity index (χ4v) is 2.44. The third-order valence-electron chi connectivity index (χ3n) is 3.39. The second-order valence-electron chi connectivity index (χ2n) is 5.69. The van der Waals surface area contributed by atoms with Crippen molar-refractivity contribution in [1.29, 1.82) is 0 Å². The van der Waals surface area contributed by atoms with Gasteiger partial charge in [-0.25, -0.2) is 5.01 Å². The predicted molar refractivity (Wildman–Crippen MR) is 80.9 cm³/mol. The Morgan fingerprint density at radius 3 is 2.64 bits per heavy atom. The maximum absolute atomic E-state index is 11.7. The summed E-state index contributed by atoms with van der Waals surface area (Å²) < 4.78 is 0. The zero-order valence-corrected chi connectivity index (χ0v) is 13.0. The largest absolute Gasteiger partial charge is 0.480 e. The number of likely N-dealkylation sites (N-methyl/N-ethyl adjacent to an activating group) is 1. The molecular weight excluding hydrogens is 290 g/mol. The first kappa shape index (κ1) is 18.8. The minimum atomic E-state index is -1.03. The number of carbonyl (C=O) groups is 2. The number of aliphatic carboxylic acids is 1. The number of piperazine rings is 1. The summed E-state index contributed by atoms with van der Waals surface area (Å²) in [5, 5.41) is 23.0. The van der Waals surface area contributed by atoms with E-state index < -0.39 is 18.1 Å². The molecule has 22 heavy (non-hydrogen) atoms. The van der Waals surface area contributed by atoms with Crippen LogP contribution in [0.15, 0.2) is 0 Å². The number of rotatable bonds is 9. The van der Waals surface area contributed by atoms with Crippen molar-refractivity contribution in [2.75, 3.05) is 46.3 Å². The Morgan fingerprint density at radius 1 is 1.41 bits per heavy atom. The molecule has 2 atom stereocenters. The number of hydrazine groups is 1. The number of nitrogens with two attached hydrogens (primary N) is 1. The maximum atomic E-state index is 11.7. The maximum Gasteiger partial charge on any atom is 0.319 e. The predicted octanol–water partition coefficient (Wildman–Crippen LogP) is -2.59. The Balaban J connectivity index is 2.21. The third-order valence-corrected chi connectivity index (χ3v) is 3.39. The van der Waals surface area contributed by atoms with Crippen LogP contribution in [0, 0.1) is 0 Å². The zero-order chi connectivity index (χ0) is 16.5. The van der Waals surface area contributed by atoms with Gasteiger partial charge in [0.25, 0.3) is 0 Å². The van der Waals surface area contributed by atoms with Crippen molar-refractivity contribution in [3.63, 3.8) is 0 Å². The van der Waals surface area contributed by atoms with Gasteiger partial charge in [0.2, 0.25) is 5.91 Å². The average Bonchev–Trinajstić information content (AvgIpc) is 2.37. The fourth-order valence-electron chi connectivity index (χ4n) is 2.44. The molecule has 0 aliphatic carbocycles. The molecule has 1 unspecified atom stereocenters. The number of hydrogen-bond donors (Lipinski definition) is 5. The summed E-state index contributed by atoms with van der Waals surface area (Å²) in [4.78, 5) is 24.3. The van der Waals surface area contributed by atoms with E-state index in [-0.39, 0.29) is 18.9 Å². The summed E-state index contributed by atoms with van der Waals surface area (Å²) in [5.74, 6) is -1.39. The van der Waals surface area contributed by atoms with E-state index in [0.717, 1.165) is 26.2 Å². The normalized spacial score (nSPS) is 18.9. The minimum Gasteiger partial charge on any atom is -0.480 e. The van der Waals surface area contributed by atoms with Crippen molar-refractivity contribution < 1.29 is 19.8 Å². The second kappa shape index (κ2) is 9.70. The number of amides is 1. The molecule has 0 aromatic carbocycles. The van der Waals surface area contributed by atoms with E-state index in [2.05, 4.69) is 15.6 Å². The third kappa shape index (κ3) is 8.25. The Bertz CT molecular complexity index is 362. The quantitative estimate of drug-likeness (QED) is 0.293. The molecule has 1 aliphatic rings. The van der Waals surface area contributed by atoms with E-state index in [1.54, 1.807) is 0 Å². The first-order valence-corrected chi connectivity index (χ1v) is 7.46. The number of carboxylic acid groups (broad SMARTS) is 1. The lowest BCUT2D eigenvalue weighted by atomic mass is 10.1. The lowest BCUT2D eigenvalue weighted by molar-refractivity contribution is -0.139. The number of carboxylic acids is 1. The highest BCUT2D eigenvalue weighted by Crippen LogP contribution is 2.04. The van der Waals surface area contributed by atoms with Gasteiger partial charge >= 0.3 is 5.97 Å². The van der Waals surface area contributed by atoms with Gasteiger partial charge < -0.3 is 21.3 Å². The van der Waals surface area contributed by atoms with Crippen molar-refractivity contribution in [1.82, 2.24) is 20.7 Å². The molecule has 6 N–H and O–H groups in total. The van der Waals surface area contributed by atoms with Gasteiger partial charge in [0.1, 0.15) is 6.54 Å². The van der Waals surface area contributed by atoms with Gasteiger partial charge in [0.05, 0.1) is 6.10 Å². The molecule has 0 bridgehead atoms. The molecule has 1 amide bonds. The summed E-state index contributed by atoms with van der Waals surface area (Å²) in [6, 6.07) is -0.462. The number of carbonyl (C=O) groups excluding carboxylic acids is 1. The van der Waals surface area contributed by atoms with E-state index >= 15 is 0 Å². The van der Waals surface area contributed by atoms with Crippen LogP contribution in [-0.4, -0.2) is 90.5 Å². The number of aliphatic hydroxyl groups is 1. The highest BCUT2D eigenvalue weighted by atomic mass is 16.4. The fraction of sp³-hybridized carbons (Fsp3) is 0.846. The van der Waals surface area contributed by atoms with E-state index in [9.17, 15) is 14.7 Å². The summed E-state index contributed by atoms with van der Waals surface area (Å²) in [6.07, 6.45) is -0.194. The van der Waals surface area contributed by atoms with E-state index in [1.807, 2.05) is 0 Å². The summed E-state index contributed by atoms with van der Waals surface area (Å²) >= 11 is 0. The zero-order valence-electron chi connectivity index (χ0n) is 13.0. The van der Waals surface area contributed by atoms with Crippen LogP contribution >= 0.6 is 0 Å². The molecule has 0 spiro atoms. The second-order valence-corrected chi connectivity index (χ2v) is 5.69. The first-order valence-electron chi connectivity index (χ1n) is 7.46. The van der Waals surface area contributed by atoms with Gasteiger partial charge in [-0.05, 0) is 6.42 Å². The van der Waals surface area contributed by atoms with Crippen LogP contribution in [0.4, 0.5) is 0 Å². The first-order chi connectivity index (χ1) is 10.4. The average molecular weight is 317 g/mol. The number of β-amino-alcohol motifs (C(OH)–C–C–N with tert-alkyl or cyclic N) is 1. The van der Waals surface area contributed by atoms with Crippen LogP contribution in [0.3, 0.4) is 0 Å². The van der Waals surface area contributed by atoms with E-state index in [4.69, 9.17) is 10.8 Å². The van der Waals surface area contributed by atoms with Crippen molar-refractivity contribution in [2.24, 2.45) is 5.73 Å². The van der Waals surface area contributed by atoms with Gasteiger partial charge in [-0.15, -0.1) is 0 Å². The summed E-state index contributed by atoms with van der Waals surface area (Å²) in [7, 11) is 1.47. The molecule has 0 aromatic heterocycles. The molecule has 128 valence electrons. The lowest BCUT2D eigenvalue weighted by Gasteiger charge is -2.29. The Hall–Kier alpha value is -1.26. The lowest BCUT2D eigenvalue weighted by Crippen LogP contribution is -2.47. The highest BCUT2D eigenvalue weighted by Gasteiger charge is 2.19. The molecule has 1 rings (SSSR count). The Kier molecular flexibility index (Phi) is 8.28. The molecular formula is C13H27N5O4. The standard InChI is InChI=1S/C13H27N5O4/c1-17(9-13(21)22)16-12(20)7-10(14)6-11(19)8-18-4-2-15-3-5-18/h10-11,15,19H,2-9,14H2,1H3,(H,16,20)(H,21,22)/t10-,11?/m1/s1. The number of nitrogens with zero attached hydrogens (tertiary/aromatic N) is 2. The number of nitrogens with one attached hydrogen (secondary N) is 2. The van der Waals surface area contributed by atoms with Gasteiger partial charge in [-0.1, -0.05) is 0 Å². The van der Waals surface area contributed by atoms with Crippen LogP contribution in [0.1, 0.15) is 12.8 Å². The van der Waals surface area contributed by atoms with Gasteiger partial charge in [-0.3, -0.25) is 19.9 Å². The Labute approximate surface area is 130 Å². The smallest absolute Gasteiger partial charge is 0.319 e. The molecule has 9 heteroatoms. The molecule has 1 heterocycles. The van der Waals surface area contributed by atoms with Crippen LogP contribution in [0.2, 0.25) is 0 Å². The molecule has 9 nitrogen and oxygen atoms in total. The van der Waals surface area contributed by atoms with E-state index in [1.165, 1.54) is 12.1 Å². The monoisotopic (exact) mass is 317 g/mol. The van der Waals surface area contributed by atoms with E-state index in [0.29, 0.717) is 13.0 Å². The molecule has 1 fully saturated rings. The van der Waals surface area contributed by atoms with Crippen molar-refractivity contribution >= 4 is 11.9 Å². The summed E-state index contributed by atoms with van der Waals surface area (Å²) in [5.41, 5.74) is 8.30. The van der Waals surface area contributed by atoms with Gasteiger partial charge in [-0.2, -0.15) is 0 Å². The minimum absolute atomic E-state index is 0.0442. The van der Waals surface area contributed by atoms with Crippen LogP contribution < -0.4 is 16.5 Å². The van der Waals surface area contributed by atoms with Gasteiger partial charge in [0, 0.05) is 52.2 Å². The van der Waals surface area contributed by atoms with Crippen molar-refractivity contribution in [2.45, 2.75) is 25.0 Å². The number of hydrogen-bond acceptors (Lipinski definition) is 7. The topological polar surface area (TPSA) is 131 Å². The molecule has 0 aromatic rings. The van der Waals surface area contributed by atoms with Crippen LogP contribution in [-0.2, 0) is 9.59 Å². The van der Waals surface area contributed by atoms with Crippen LogP contribution in [0.25, 0.3) is 0 Å². The number of aliphatic hydroxyl groups excluding tert-OH is 1. The van der Waals surface area contributed by atoms with Crippen molar-refractivity contribution in [3.05, 3.63) is 0 Å². The van der Waals surface area contributed by atoms with Crippen LogP contribution in [0.5, 0.6) is 0 Å². The van der Waals surface area contributed by atoms with Gasteiger partial charge in [0.15, 0.2) is 0 Å². The molecule has 0 saturated carbocycles. The Morgan fingerprint density at radius 2 is 2.05 bits per heavy atom. The van der Waals surface area contributed by atoms with Crippen molar-refractivity contribution in [3.8, 4) is 0 Å². The molecule has 0 radical (unpaired) electrons. The molecule has 1 saturated heterocycles. The SMILES string of the molecule is CN(CC(=O)O)NC(=O)C[C@H](N)CC(O)CN1CCNCC1.